The molecule has 2 fully saturated rings. The summed E-state index contributed by atoms with van der Waals surface area (Å²) in [7, 11) is 3.03. The van der Waals surface area contributed by atoms with Gasteiger partial charge in [-0.25, -0.2) is 9.78 Å². The van der Waals surface area contributed by atoms with E-state index in [1.54, 1.807) is 11.6 Å². The number of hydrogen-bond acceptors (Lipinski definition) is 4. The molecule has 4 rings (SSSR count). The number of rotatable bonds is 2. The van der Waals surface area contributed by atoms with Crippen LogP contribution < -0.4 is 11.2 Å². The van der Waals surface area contributed by atoms with Crippen LogP contribution >= 0.6 is 0 Å². The van der Waals surface area contributed by atoms with Crippen molar-refractivity contribution in [1.82, 2.24) is 23.6 Å². The van der Waals surface area contributed by atoms with Crippen molar-refractivity contribution in [3.8, 4) is 0 Å². The summed E-state index contributed by atoms with van der Waals surface area (Å²) < 4.78 is 3.99. The van der Waals surface area contributed by atoms with Crippen LogP contribution in [0, 0.1) is 5.92 Å². The highest BCUT2D eigenvalue weighted by molar-refractivity contribution is 5.79. The van der Waals surface area contributed by atoms with Crippen LogP contribution in [-0.4, -0.2) is 42.1 Å². The van der Waals surface area contributed by atoms with Crippen LogP contribution in [0.1, 0.15) is 38.5 Å². The molecule has 1 aliphatic carbocycles. The predicted octanol–water partition coefficient (Wildman–Crippen LogP) is 0.615. The summed E-state index contributed by atoms with van der Waals surface area (Å²) in [5.41, 5.74) is -0.206. The third kappa shape index (κ3) is 2.59. The average molecular weight is 359 g/mol. The monoisotopic (exact) mass is 359 g/mol. The Morgan fingerprint density at radius 3 is 2.65 bits per heavy atom. The number of aromatic nitrogens is 4. The number of imidazole rings is 1. The SMILES string of the molecule is Cn1c(=O)c2c(ncn2CC(=O)N2CCC[C@H]3CCCC[C@H]32)n(C)c1=O. The van der Waals surface area contributed by atoms with Gasteiger partial charge in [-0.3, -0.25) is 18.7 Å². The van der Waals surface area contributed by atoms with Crippen molar-refractivity contribution < 1.29 is 4.79 Å². The van der Waals surface area contributed by atoms with Gasteiger partial charge in [0.1, 0.15) is 6.54 Å². The molecule has 0 bridgehead atoms. The molecule has 0 aromatic carbocycles. The van der Waals surface area contributed by atoms with Crippen molar-refractivity contribution in [1.29, 1.82) is 0 Å². The summed E-state index contributed by atoms with van der Waals surface area (Å²) in [4.78, 5) is 43.8. The molecule has 8 heteroatoms. The van der Waals surface area contributed by atoms with Gasteiger partial charge in [0, 0.05) is 26.7 Å². The summed E-state index contributed by atoms with van der Waals surface area (Å²) in [5, 5.41) is 0. The third-order valence-electron chi connectivity index (χ3n) is 6.09. The molecule has 1 aliphatic heterocycles. The number of carbonyl (C=O) groups is 1. The Labute approximate surface area is 151 Å². The molecule has 0 unspecified atom stereocenters. The minimum Gasteiger partial charge on any atom is -0.338 e. The number of carbonyl (C=O) groups excluding carboxylic acids is 1. The predicted molar refractivity (Wildman–Crippen MR) is 96.9 cm³/mol. The second kappa shape index (κ2) is 6.41. The molecule has 1 saturated carbocycles. The van der Waals surface area contributed by atoms with E-state index < -0.39 is 11.2 Å². The van der Waals surface area contributed by atoms with Crippen molar-refractivity contribution in [2.24, 2.45) is 20.0 Å². The fraction of sp³-hybridized carbons (Fsp3) is 0.667. The van der Waals surface area contributed by atoms with Gasteiger partial charge in [0.25, 0.3) is 5.56 Å². The maximum absolute atomic E-state index is 13.0. The lowest BCUT2D eigenvalue weighted by molar-refractivity contribution is -0.138. The van der Waals surface area contributed by atoms with Gasteiger partial charge in [-0.1, -0.05) is 12.8 Å². The molecule has 140 valence electrons. The average Bonchev–Trinajstić information content (AvgIpc) is 3.07. The fourth-order valence-electron chi connectivity index (χ4n) is 4.69. The van der Waals surface area contributed by atoms with Crippen LogP contribution in [0.3, 0.4) is 0 Å². The Balaban J connectivity index is 1.66. The van der Waals surface area contributed by atoms with Gasteiger partial charge in [-0.15, -0.1) is 0 Å². The normalized spacial score (nSPS) is 23.2. The molecule has 2 aromatic rings. The smallest absolute Gasteiger partial charge is 0.332 e. The molecule has 0 radical (unpaired) electrons. The molecule has 2 aromatic heterocycles. The van der Waals surface area contributed by atoms with Crippen LogP contribution in [0.15, 0.2) is 15.9 Å². The topological polar surface area (TPSA) is 82.1 Å². The van der Waals surface area contributed by atoms with Crippen LogP contribution in [0.25, 0.3) is 11.2 Å². The standard InChI is InChI=1S/C18H25N5O3/c1-20-16-15(17(25)21(2)18(20)26)22(11-19-16)10-14(24)23-9-5-7-12-6-3-4-8-13(12)23/h11-13H,3-10H2,1-2H3/t12-,13-/m1/s1. The fourth-order valence-corrected chi connectivity index (χ4v) is 4.69. The summed E-state index contributed by atoms with van der Waals surface area (Å²) in [6.07, 6.45) is 8.49. The van der Waals surface area contributed by atoms with E-state index in [4.69, 9.17) is 0 Å². The first-order valence-corrected chi connectivity index (χ1v) is 9.39. The highest BCUT2D eigenvalue weighted by Crippen LogP contribution is 2.35. The Kier molecular flexibility index (Phi) is 4.20. The van der Waals surface area contributed by atoms with Gasteiger partial charge in [0.15, 0.2) is 11.2 Å². The largest absolute Gasteiger partial charge is 0.338 e. The molecular formula is C18H25N5O3. The lowest BCUT2D eigenvalue weighted by Gasteiger charge is -2.44. The molecule has 0 N–H and O–H groups in total. The van der Waals surface area contributed by atoms with Crippen molar-refractivity contribution in [3.05, 3.63) is 27.2 Å². The molecule has 1 amide bonds. The second-order valence-corrected chi connectivity index (χ2v) is 7.59. The summed E-state index contributed by atoms with van der Waals surface area (Å²) in [5.74, 6) is 0.659. The van der Waals surface area contributed by atoms with Gasteiger partial charge in [0.05, 0.1) is 6.33 Å². The van der Waals surface area contributed by atoms with Crippen LogP contribution in [0.2, 0.25) is 0 Å². The maximum atomic E-state index is 13.0. The second-order valence-electron chi connectivity index (χ2n) is 7.59. The zero-order valence-electron chi connectivity index (χ0n) is 15.3. The third-order valence-corrected chi connectivity index (χ3v) is 6.09. The number of fused-ring (bicyclic) bond motifs is 2. The number of likely N-dealkylation sites (tertiary alicyclic amines) is 1. The Morgan fingerprint density at radius 2 is 1.85 bits per heavy atom. The van der Waals surface area contributed by atoms with E-state index in [1.165, 1.54) is 43.6 Å². The van der Waals surface area contributed by atoms with Crippen molar-refractivity contribution in [2.75, 3.05) is 6.54 Å². The first-order chi connectivity index (χ1) is 12.5. The first kappa shape index (κ1) is 17.1. The minimum atomic E-state index is -0.417. The summed E-state index contributed by atoms with van der Waals surface area (Å²) in [6.45, 7) is 0.885. The number of amides is 1. The number of nitrogens with zero attached hydrogens (tertiary/aromatic N) is 5. The van der Waals surface area contributed by atoms with E-state index >= 15 is 0 Å². The highest BCUT2D eigenvalue weighted by atomic mass is 16.2. The zero-order chi connectivity index (χ0) is 18.4. The molecule has 2 atom stereocenters. The van der Waals surface area contributed by atoms with Gasteiger partial charge >= 0.3 is 5.69 Å². The van der Waals surface area contributed by atoms with Crippen LogP contribution in [-0.2, 0) is 25.4 Å². The lowest BCUT2D eigenvalue weighted by atomic mass is 9.78. The molecule has 1 saturated heterocycles. The molecule has 3 heterocycles. The molecule has 0 spiro atoms. The van der Waals surface area contributed by atoms with Gasteiger partial charge < -0.3 is 9.47 Å². The van der Waals surface area contributed by atoms with E-state index in [2.05, 4.69) is 4.98 Å². The minimum absolute atomic E-state index is 0.0387. The van der Waals surface area contributed by atoms with Crippen molar-refractivity contribution in [3.63, 3.8) is 0 Å². The highest BCUT2D eigenvalue weighted by Gasteiger charge is 2.35. The summed E-state index contributed by atoms with van der Waals surface area (Å²) in [6, 6.07) is 0.340. The number of piperidine rings is 1. The quantitative estimate of drug-likeness (QED) is 0.787. The van der Waals surface area contributed by atoms with E-state index in [1.807, 2.05) is 4.90 Å². The number of aryl methyl sites for hydroxylation is 1. The van der Waals surface area contributed by atoms with Gasteiger partial charge in [0.2, 0.25) is 5.91 Å². The van der Waals surface area contributed by atoms with Crippen molar-refractivity contribution in [2.45, 2.75) is 51.1 Å². The van der Waals surface area contributed by atoms with Gasteiger partial charge in [-0.2, -0.15) is 0 Å². The maximum Gasteiger partial charge on any atom is 0.332 e. The van der Waals surface area contributed by atoms with Crippen LogP contribution in [0.5, 0.6) is 0 Å². The Morgan fingerprint density at radius 1 is 1.12 bits per heavy atom. The molecule has 26 heavy (non-hydrogen) atoms. The van der Waals surface area contributed by atoms with E-state index in [9.17, 15) is 14.4 Å². The zero-order valence-corrected chi connectivity index (χ0v) is 15.3. The van der Waals surface area contributed by atoms with Crippen LogP contribution in [0.4, 0.5) is 0 Å². The Hall–Kier alpha value is -2.38. The van der Waals surface area contributed by atoms with E-state index in [-0.39, 0.29) is 12.5 Å². The van der Waals surface area contributed by atoms with E-state index in [0.29, 0.717) is 23.1 Å². The first-order valence-electron chi connectivity index (χ1n) is 9.39. The Bertz CT molecular complexity index is 968. The molecule has 2 aliphatic rings. The summed E-state index contributed by atoms with van der Waals surface area (Å²) >= 11 is 0. The van der Waals surface area contributed by atoms with Crippen molar-refractivity contribution >= 4 is 17.1 Å². The van der Waals surface area contributed by atoms with E-state index in [0.717, 1.165) is 24.0 Å². The molecular weight excluding hydrogens is 334 g/mol. The number of hydrogen-bond donors (Lipinski definition) is 0. The lowest BCUT2D eigenvalue weighted by Crippen LogP contribution is -2.50. The molecule has 8 nitrogen and oxygen atoms in total. The van der Waals surface area contributed by atoms with Gasteiger partial charge in [-0.05, 0) is 31.6 Å².